The van der Waals surface area contributed by atoms with Crippen LogP contribution in [-0.4, -0.2) is 41.2 Å². The number of nitrogens with zero attached hydrogens (tertiary/aromatic N) is 1. The van der Waals surface area contributed by atoms with Gasteiger partial charge in [0.2, 0.25) is 0 Å². The van der Waals surface area contributed by atoms with E-state index in [1.54, 1.807) is 0 Å². The molecule has 40 heavy (non-hydrogen) atoms. The highest BCUT2D eigenvalue weighted by Gasteiger charge is 2.46. The third-order valence-corrected chi connectivity index (χ3v) is 10.2. The van der Waals surface area contributed by atoms with E-state index in [0.29, 0.717) is 5.92 Å². The Labute approximate surface area is 253 Å². The summed E-state index contributed by atoms with van der Waals surface area (Å²) in [6.45, 7) is 17.2. The molecule has 0 bridgehead atoms. The van der Waals surface area contributed by atoms with Crippen molar-refractivity contribution in [2.45, 2.75) is 76.7 Å². The Morgan fingerprint density at radius 2 is 1.30 bits per heavy atom. The van der Waals surface area contributed by atoms with Crippen molar-refractivity contribution in [3.8, 4) is 0 Å². The minimum absolute atomic E-state index is 0.172. The standard InChI is InChI=1S/C34H48BrNO2Si2/c1-39(2,3)37-33(28-19-21-32(35)22-20-28)18-13-25-36-26-23-31(24-27-36)34(38-40(4,5)6,29-14-9-7-10-15-29)30-16-11-8-12-17-30/h7-12,14-17,19-22,31,33H,13,18,23-27H2,1-6H3. The van der Waals surface area contributed by atoms with Crippen molar-refractivity contribution in [2.75, 3.05) is 19.6 Å². The highest BCUT2D eigenvalue weighted by Crippen LogP contribution is 2.47. The smallest absolute Gasteiger partial charge is 0.185 e. The number of rotatable bonds is 12. The zero-order chi connectivity index (χ0) is 28.8. The lowest BCUT2D eigenvalue weighted by atomic mass is 9.72. The van der Waals surface area contributed by atoms with Gasteiger partial charge in [0.25, 0.3) is 0 Å². The van der Waals surface area contributed by atoms with Crippen molar-refractivity contribution < 1.29 is 8.85 Å². The van der Waals surface area contributed by atoms with Crippen LogP contribution in [0.1, 0.15) is 48.5 Å². The summed E-state index contributed by atoms with van der Waals surface area (Å²) in [6.07, 6.45) is 4.64. The maximum atomic E-state index is 7.29. The molecule has 1 aliphatic rings. The Morgan fingerprint density at radius 3 is 1.77 bits per heavy atom. The molecule has 0 aromatic heterocycles. The van der Waals surface area contributed by atoms with E-state index in [0.717, 1.165) is 49.8 Å². The lowest BCUT2D eigenvalue weighted by Crippen LogP contribution is -2.50. The SMILES string of the molecule is C[Si](C)(C)OC(CCCN1CCC(C(O[Si](C)(C)C)(c2ccccc2)c2ccccc2)CC1)c1ccc(Br)cc1. The normalized spacial score (nSPS) is 16.7. The van der Waals surface area contributed by atoms with Crippen LogP contribution in [0.15, 0.2) is 89.4 Å². The van der Waals surface area contributed by atoms with E-state index in [1.165, 1.54) is 16.7 Å². The van der Waals surface area contributed by atoms with Crippen molar-refractivity contribution in [2.24, 2.45) is 5.92 Å². The van der Waals surface area contributed by atoms with Gasteiger partial charge in [0.1, 0.15) is 5.60 Å². The van der Waals surface area contributed by atoms with Gasteiger partial charge in [-0.2, -0.15) is 0 Å². The maximum absolute atomic E-state index is 7.29. The molecule has 0 N–H and O–H groups in total. The molecule has 1 fully saturated rings. The van der Waals surface area contributed by atoms with Gasteiger partial charge in [0.15, 0.2) is 16.6 Å². The number of piperidine rings is 1. The first-order valence-corrected chi connectivity index (χ1v) is 22.5. The van der Waals surface area contributed by atoms with E-state index < -0.39 is 22.2 Å². The predicted molar refractivity (Wildman–Crippen MR) is 178 cm³/mol. The molecule has 0 radical (unpaired) electrons. The van der Waals surface area contributed by atoms with Gasteiger partial charge in [-0.1, -0.05) is 88.7 Å². The Kier molecular flexibility index (Phi) is 10.7. The van der Waals surface area contributed by atoms with Gasteiger partial charge in [-0.3, -0.25) is 0 Å². The molecule has 1 atom stereocenters. The van der Waals surface area contributed by atoms with E-state index in [2.05, 4.69) is 145 Å². The minimum Gasteiger partial charge on any atom is -0.411 e. The van der Waals surface area contributed by atoms with Crippen LogP contribution in [-0.2, 0) is 14.5 Å². The Morgan fingerprint density at radius 1 is 0.775 bits per heavy atom. The van der Waals surface area contributed by atoms with Gasteiger partial charge in [-0.15, -0.1) is 0 Å². The fourth-order valence-corrected chi connectivity index (χ4v) is 8.90. The van der Waals surface area contributed by atoms with Gasteiger partial charge in [0.05, 0.1) is 6.10 Å². The quantitative estimate of drug-likeness (QED) is 0.185. The first kappa shape index (κ1) is 31.4. The van der Waals surface area contributed by atoms with Crippen LogP contribution in [0, 0.1) is 5.92 Å². The molecule has 0 amide bonds. The highest BCUT2D eigenvalue weighted by atomic mass is 79.9. The molecule has 0 spiro atoms. The van der Waals surface area contributed by atoms with Crippen LogP contribution < -0.4 is 0 Å². The zero-order valence-corrected chi connectivity index (χ0v) is 28.9. The van der Waals surface area contributed by atoms with E-state index >= 15 is 0 Å². The van der Waals surface area contributed by atoms with Crippen molar-refractivity contribution in [1.82, 2.24) is 4.90 Å². The second kappa shape index (κ2) is 13.6. The van der Waals surface area contributed by atoms with Crippen LogP contribution in [0.25, 0.3) is 0 Å². The Hall–Kier alpha value is -1.55. The van der Waals surface area contributed by atoms with Gasteiger partial charge in [-0.25, -0.2) is 0 Å². The third kappa shape index (κ3) is 8.49. The highest BCUT2D eigenvalue weighted by molar-refractivity contribution is 9.10. The number of hydrogen-bond acceptors (Lipinski definition) is 3. The summed E-state index contributed by atoms with van der Waals surface area (Å²) in [5.74, 6) is 0.436. The molecule has 1 saturated heterocycles. The molecule has 0 saturated carbocycles. The van der Waals surface area contributed by atoms with Crippen molar-refractivity contribution in [3.63, 3.8) is 0 Å². The number of likely N-dealkylation sites (tertiary alicyclic amines) is 1. The lowest BCUT2D eigenvalue weighted by molar-refractivity contribution is 0.000949. The molecule has 1 unspecified atom stereocenters. The summed E-state index contributed by atoms with van der Waals surface area (Å²) in [5, 5.41) is 0. The van der Waals surface area contributed by atoms with Gasteiger partial charge in [0, 0.05) is 4.47 Å². The molecule has 1 heterocycles. The zero-order valence-electron chi connectivity index (χ0n) is 25.3. The van der Waals surface area contributed by atoms with Crippen molar-refractivity contribution >= 4 is 32.6 Å². The fraction of sp³-hybridized carbons (Fsp3) is 0.471. The first-order chi connectivity index (χ1) is 19.0. The molecule has 0 aliphatic carbocycles. The number of hydrogen-bond donors (Lipinski definition) is 0. The molecular weight excluding hydrogens is 590 g/mol. The molecule has 4 rings (SSSR count). The van der Waals surface area contributed by atoms with Crippen LogP contribution in [0.4, 0.5) is 0 Å². The fourth-order valence-electron chi connectivity index (χ4n) is 6.15. The minimum atomic E-state index is -1.88. The van der Waals surface area contributed by atoms with E-state index in [1.807, 2.05) is 0 Å². The molecule has 3 aromatic carbocycles. The summed E-state index contributed by atoms with van der Waals surface area (Å²) in [5.41, 5.74) is 3.48. The number of halogens is 1. The average Bonchev–Trinajstić information content (AvgIpc) is 2.92. The maximum Gasteiger partial charge on any atom is 0.185 e. The summed E-state index contributed by atoms with van der Waals surface area (Å²) in [6, 6.07) is 30.7. The largest absolute Gasteiger partial charge is 0.411 e. The van der Waals surface area contributed by atoms with Crippen molar-refractivity contribution in [3.05, 3.63) is 106 Å². The van der Waals surface area contributed by atoms with E-state index in [9.17, 15) is 0 Å². The van der Waals surface area contributed by atoms with E-state index in [-0.39, 0.29) is 6.10 Å². The van der Waals surface area contributed by atoms with Gasteiger partial charge >= 0.3 is 0 Å². The van der Waals surface area contributed by atoms with Crippen LogP contribution in [0.5, 0.6) is 0 Å². The van der Waals surface area contributed by atoms with Crippen LogP contribution >= 0.6 is 15.9 Å². The summed E-state index contributed by atoms with van der Waals surface area (Å²) < 4.78 is 15.1. The van der Waals surface area contributed by atoms with Crippen LogP contribution in [0.3, 0.4) is 0 Å². The topological polar surface area (TPSA) is 21.7 Å². The van der Waals surface area contributed by atoms with Gasteiger partial charge in [-0.05, 0) is 119 Å². The second-order valence-corrected chi connectivity index (χ2v) is 23.0. The Bertz CT molecular complexity index is 1130. The number of benzene rings is 3. The van der Waals surface area contributed by atoms with E-state index in [4.69, 9.17) is 8.85 Å². The third-order valence-electron chi connectivity index (χ3n) is 7.71. The summed E-state index contributed by atoms with van der Waals surface area (Å²) >= 11 is 3.58. The summed E-state index contributed by atoms with van der Waals surface area (Å²) in [4.78, 5) is 2.67. The molecule has 3 nitrogen and oxygen atoms in total. The summed E-state index contributed by atoms with van der Waals surface area (Å²) in [7, 11) is -3.53. The molecule has 216 valence electrons. The van der Waals surface area contributed by atoms with Crippen molar-refractivity contribution in [1.29, 1.82) is 0 Å². The first-order valence-electron chi connectivity index (χ1n) is 14.9. The lowest BCUT2D eigenvalue weighted by Gasteiger charge is -2.48. The van der Waals surface area contributed by atoms with Gasteiger partial charge < -0.3 is 13.8 Å². The predicted octanol–water partition coefficient (Wildman–Crippen LogP) is 9.63. The molecule has 3 aromatic rings. The molecular formula is C34H48BrNO2Si2. The molecule has 6 heteroatoms. The Balaban J connectivity index is 1.47. The molecule has 1 aliphatic heterocycles. The second-order valence-electron chi connectivity index (χ2n) is 13.2. The van der Waals surface area contributed by atoms with Crippen LogP contribution in [0.2, 0.25) is 39.3 Å². The average molecular weight is 639 g/mol. The monoisotopic (exact) mass is 637 g/mol.